The molecule has 31 heavy (non-hydrogen) atoms. The van der Waals surface area contributed by atoms with Crippen molar-refractivity contribution in [3.63, 3.8) is 0 Å². The summed E-state index contributed by atoms with van der Waals surface area (Å²) >= 11 is 0. The zero-order chi connectivity index (χ0) is 22.0. The van der Waals surface area contributed by atoms with Crippen molar-refractivity contribution in [2.24, 2.45) is 11.8 Å². The molecule has 0 unspecified atom stereocenters. The lowest BCUT2D eigenvalue weighted by Crippen LogP contribution is -2.71. The van der Waals surface area contributed by atoms with Crippen molar-refractivity contribution in [3.05, 3.63) is 82.9 Å². The normalized spacial score (nSPS) is 28.1. The first kappa shape index (κ1) is 20.6. The Labute approximate surface area is 175 Å². The third-order valence-corrected chi connectivity index (χ3v) is 6.65. The maximum absolute atomic E-state index is 12.8. The van der Waals surface area contributed by atoms with Gasteiger partial charge in [-0.1, -0.05) is 36.4 Å². The Bertz CT molecular complexity index is 898. The number of alkyl halides is 6. The van der Waals surface area contributed by atoms with Crippen molar-refractivity contribution in [1.82, 2.24) is 10.0 Å². The maximum atomic E-state index is 12.8. The van der Waals surface area contributed by atoms with Crippen LogP contribution >= 0.6 is 0 Å². The fraction of sp³-hybridized carbons (Fsp3) is 0.391. The minimum Gasteiger partial charge on any atom is -0.231 e. The van der Waals surface area contributed by atoms with Crippen molar-refractivity contribution in [2.75, 3.05) is 0 Å². The van der Waals surface area contributed by atoms with Gasteiger partial charge in [-0.25, -0.2) is 10.0 Å². The van der Waals surface area contributed by atoms with E-state index in [4.69, 9.17) is 0 Å². The van der Waals surface area contributed by atoms with E-state index < -0.39 is 23.5 Å². The maximum Gasteiger partial charge on any atom is 0.416 e. The van der Waals surface area contributed by atoms with Gasteiger partial charge in [-0.05, 0) is 53.6 Å². The van der Waals surface area contributed by atoms with Gasteiger partial charge in [0.15, 0.2) is 0 Å². The van der Waals surface area contributed by atoms with Gasteiger partial charge in [-0.2, -0.15) is 26.3 Å². The fourth-order valence-corrected chi connectivity index (χ4v) is 5.20. The molecule has 2 aliphatic carbocycles. The van der Waals surface area contributed by atoms with Gasteiger partial charge < -0.3 is 0 Å². The van der Waals surface area contributed by atoms with Crippen LogP contribution in [0.1, 0.15) is 28.7 Å². The van der Waals surface area contributed by atoms with Crippen molar-refractivity contribution >= 4 is 0 Å². The molecule has 0 spiro atoms. The molecule has 2 aromatic rings. The summed E-state index contributed by atoms with van der Waals surface area (Å²) in [7, 11) is 0. The van der Waals surface area contributed by atoms with Crippen LogP contribution < -0.4 is 0 Å². The summed E-state index contributed by atoms with van der Waals surface area (Å²) in [5, 5.41) is 4.33. The molecule has 4 atom stereocenters. The Morgan fingerprint density at radius 1 is 0.613 bits per heavy atom. The molecule has 2 nitrogen and oxygen atoms in total. The van der Waals surface area contributed by atoms with Crippen molar-refractivity contribution in [1.29, 1.82) is 0 Å². The van der Waals surface area contributed by atoms with Crippen LogP contribution in [-0.2, 0) is 25.4 Å². The van der Waals surface area contributed by atoms with Gasteiger partial charge in [-0.15, -0.1) is 0 Å². The number of fused-ring (bicyclic) bond motifs is 5. The molecule has 164 valence electrons. The Morgan fingerprint density at radius 3 is 1.29 bits per heavy atom. The second-order valence-electron chi connectivity index (χ2n) is 8.51. The number of rotatable bonds is 4. The van der Waals surface area contributed by atoms with Gasteiger partial charge in [0, 0.05) is 25.2 Å². The molecule has 2 aromatic carbocycles. The van der Waals surface area contributed by atoms with Crippen LogP contribution in [0, 0.1) is 11.8 Å². The van der Waals surface area contributed by atoms with E-state index in [1.807, 2.05) is 0 Å². The standard InChI is InChI=1S/C23H20F6N2/c24-22(25,26)18-7-1-14(2-8-18)12-30-20-16-5-6-17(11-16)21(20)31(30)13-15-3-9-19(10-4-15)23(27,28)29/h1-10,16-17,20-21H,11-13H2/t16-,17+,20+,21-. The topological polar surface area (TPSA) is 6.48 Å². The van der Waals surface area contributed by atoms with E-state index in [1.165, 1.54) is 24.3 Å². The molecule has 8 heteroatoms. The quantitative estimate of drug-likeness (QED) is 0.433. The lowest BCUT2D eigenvalue weighted by Gasteiger charge is -2.58. The molecule has 0 amide bonds. The highest BCUT2D eigenvalue weighted by atomic mass is 19.4. The first-order valence-corrected chi connectivity index (χ1v) is 10.1. The average molecular weight is 438 g/mol. The third-order valence-electron chi connectivity index (χ3n) is 6.65. The Hall–Kier alpha value is -2.32. The van der Waals surface area contributed by atoms with E-state index in [9.17, 15) is 26.3 Å². The number of halogens is 6. The molecular formula is C23H20F6N2. The summed E-state index contributed by atoms with van der Waals surface area (Å²) < 4.78 is 77.1. The molecule has 1 aliphatic heterocycles. The number of nitrogens with zero attached hydrogens (tertiary/aromatic N) is 2. The molecule has 0 aromatic heterocycles. The summed E-state index contributed by atoms with van der Waals surface area (Å²) in [6, 6.07) is 10.9. The molecule has 1 saturated heterocycles. The first-order chi connectivity index (χ1) is 14.6. The Kier molecular flexibility index (Phi) is 4.71. The summed E-state index contributed by atoms with van der Waals surface area (Å²) in [5.41, 5.74) is 0.190. The van der Waals surface area contributed by atoms with E-state index in [1.54, 1.807) is 0 Å². The molecule has 1 saturated carbocycles. The van der Waals surface area contributed by atoms with Gasteiger partial charge in [0.25, 0.3) is 0 Å². The van der Waals surface area contributed by atoms with Crippen molar-refractivity contribution in [3.8, 4) is 0 Å². The zero-order valence-electron chi connectivity index (χ0n) is 16.4. The number of hydrogen-bond acceptors (Lipinski definition) is 2. The van der Waals surface area contributed by atoms with Crippen molar-refractivity contribution < 1.29 is 26.3 Å². The highest BCUT2D eigenvalue weighted by Gasteiger charge is 2.59. The van der Waals surface area contributed by atoms with Crippen LogP contribution in [0.5, 0.6) is 0 Å². The largest absolute Gasteiger partial charge is 0.416 e. The number of hydrazine groups is 1. The minimum atomic E-state index is -4.37. The molecular weight excluding hydrogens is 418 g/mol. The number of benzene rings is 2. The van der Waals surface area contributed by atoms with Gasteiger partial charge in [0.1, 0.15) is 0 Å². The SMILES string of the molecule is FC(F)(F)c1ccc(CN2[C@@H]3[C@@H]([C@H]4C=C[C@@H]3C4)N2Cc2ccc(C(F)(F)F)cc2)cc1. The third kappa shape index (κ3) is 3.65. The molecule has 5 rings (SSSR count). The van der Waals surface area contributed by atoms with Crippen LogP contribution in [0.2, 0.25) is 0 Å². The summed E-state index contributed by atoms with van der Waals surface area (Å²) in [6.45, 7) is 0.938. The van der Waals surface area contributed by atoms with E-state index in [-0.39, 0.29) is 12.1 Å². The van der Waals surface area contributed by atoms with Crippen LogP contribution in [-0.4, -0.2) is 22.1 Å². The predicted molar refractivity (Wildman–Crippen MR) is 102 cm³/mol. The van der Waals surface area contributed by atoms with Crippen LogP contribution in [0.4, 0.5) is 26.3 Å². The Balaban J connectivity index is 1.35. The minimum absolute atomic E-state index is 0.284. The second-order valence-corrected chi connectivity index (χ2v) is 8.51. The van der Waals surface area contributed by atoms with E-state index in [0.717, 1.165) is 41.8 Å². The van der Waals surface area contributed by atoms with Gasteiger partial charge in [-0.3, -0.25) is 0 Å². The van der Waals surface area contributed by atoms with Gasteiger partial charge in [0.05, 0.1) is 11.1 Å². The van der Waals surface area contributed by atoms with Crippen LogP contribution in [0.3, 0.4) is 0 Å². The van der Waals surface area contributed by atoms with Crippen LogP contribution in [0.25, 0.3) is 0 Å². The lowest BCUT2D eigenvalue weighted by atomic mass is 9.89. The number of hydrogen-bond donors (Lipinski definition) is 0. The molecule has 1 heterocycles. The summed E-state index contributed by atoms with van der Waals surface area (Å²) in [6.07, 6.45) is -3.28. The van der Waals surface area contributed by atoms with Crippen molar-refractivity contribution in [2.45, 2.75) is 43.9 Å². The van der Waals surface area contributed by atoms with E-state index in [0.29, 0.717) is 24.9 Å². The second kappa shape index (κ2) is 7.10. The highest BCUT2D eigenvalue weighted by molar-refractivity contribution is 5.29. The monoisotopic (exact) mass is 438 g/mol. The fourth-order valence-electron chi connectivity index (χ4n) is 5.20. The molecule has 0 N–H and O–H groups in total. The predicted octanol–water partition coefficient (Wildman–Crippen LogP) is 5.90. The van der Waals surface area contributed by atoms with Crippen LogP contribution in [0.15, 0.2) is 60.7 Å². The van der Waals surface area contributed by atoms with Gasteiger partial charge >= 0.3 is 12.4 Å². The highest BCUT2D eigenvalue weighted by Crippen LogP contribution is 2.52. The summed E-state index contributed by atoms with van der Waals surface area (Å²) in [5.74, 6) is 0.821. The first-order valence-electron chi connectivity index (χ1n) is 10.1. The van der Waals surface area contributed by atoms with Gasteiger partial charge in [0.2, 0.25) is 0 Å². The van der Waals surface area contributed by atoms with E-state index >= 15 is 0 Å². The molecule has 3 aliphatic rings. The average Bonchev–Trinajstić information content (AvgIpc) is 3.29. The molecule has 2 fully saturated rings. The molecule has 2 bridgehead atoms. The molecule has 0 radical (unpaired) electrons. The lowest BCUT2D eigenvalue weighted by molar-refractivity contribution is -0.227. The Morgan fingerprint density at radius 2 is 0.968 bits per heavy atom. The zero-order valence-corrected chi connectivity index (χ0v) is 16.4. The smallest absolute Gasteiger partial charge is 0.231 e. The summed E-state index contributed by atoms with van der Waals surface area (Å²) in [4.78, 5) is 0. The van der Waals surface area contributed by atoms with E-state index in [2.05, 4.69) is 22.2 Å².